The van der Waals surface area contributed by atoms with Crippen LogP contribution >= 0.6 is 23.2 Å². The number of aromatic nitrogens is 2. The molecule has 110 valence electrons. The molecule has 1 amide bonds. The van der Waals surface area contributed by atoms with E-state index in [1.54, 1.807) is 36.7 Å². The summed E-state index contributed by atoms with van der Waals surface area (Å²) >= 11 is 12.3. The molecule has 6 heteroatoms. The molecule has 0 aliphatic rings. The zero-order valence-electron chi connectivity index (χ0n) is 11.3. The van der Waals surface area contributed by atoms with Gasteiger partial charge in [0.1, 0.15) is 5.65 Å². The van der Waals surface area contributed by atoms with E-state index in [1.165, 1.54) is 0 Å². The highest BCUT2D eigenvalue weighted by atomic mass is 35.5. The molecule has 3 rings (SSSR count). The smallest absolute Gasteiger partial charge is 0.249 e. The van der Waals surface area contributed by atoms with Crippen molar-refractivity contribution in [2.24, 2.45) is 5.73 Å². The third-order valence-electron chi connectivity index (χ3n) is 3.28. The largest absolute Gasteiger partial charge is 0.366 e. The van der Waals surface area contributed by atoms with Gasteiger partial charge in [0.05, 0.1) is 10.0 Å². The minimum atomic E-state index is -0.603. The lowest BCUT2D eigenvalue weighted by Crippen LogP contribution is -2.13. The second kappa shape index (κ2) is 5.83. The average molecular weight is 332 g/mol. The van der Waals surface area contributed by atoms with Gasteiger partial charge in [-0.25, -0.2) is 4.98 Å². The zero-order chi connectivity index (χ0) is 15.7. The van der Waals surface area contributed by atoms with E-state index in [4.69, 9.17) is 28.9 Å². The molecule has 0 aliphatic carbocycles. The summed E-state index contributed by atoms with van der Waals surface area (Å²) in [4.78, 5) is 19.1. The van der Waals surface area contributed by atoms with Crippen LogP contribution in [0.5, 0.6) is 0 Å². The number of carbonyl (C=O) groups is 1. The molecule has 3 aromatic rings. The van der Waals surface area contributed by atoms with Gasteiger partial charge in [-0.15, -0.1) is 0 Å². The Balaban J connectivity index is 2.22. The van der Waals surface area contributed by atoms with E-state index in [0.29, 0.717) is 15.6 Å². The van der Waals surface area contributed by atoms with Crippen LogP contribution in [0.4, 0.5) is 0 Å². The molecular weight excluding hydrogens is 321 g/mol. The predicted molar refractivity (Wildman–Crippen MR) is 89.6 cm³/mol. The van der Waals surface area contributed by atoms with Crippen LogP contribution in [0.1, 0.15) is 11.1 Å². The molecule has 0 bridgehead atoms. The molecule has 0 aliphatic heterocycles. The Morgan fingerprint density at radius 2 is 1.91 bits per heavy atom. The Morgan fingerprint density at radius 1 is 1.18 bits per heavy atom. The van der Waals surface area contributed by atoms with E-state index in [9.17, 15) is 4.79 Å². The molecule has 1 aromatic carbocycles. The summed E-state index contributed by atoms with van der Waals surface area (Å²) in [5.74, 6) is -0.603. The Bertz CT molecular complexity index is 879. The van der Waals surface area contributed by atoms with E-state index in [0.717, 1.165) is 16.6 Å². The van der Waals surface area contributed by atoms with E-state index >= 15 is 0 Å². The lowest BCUT2D eigenvalue weighted by Gasteiger charge is -2.08. The van der Waals surface area contributed by atoms with Gasteiger partial charge in [-0.1, -0.05) is 29.3 Å². The standard InChI is InChI=1S/C16H11Cl2N3O/c17-12-4-1-5-13(18)14(12)11(15(19)22)7-9-8-21-16-10(9)3-2-6-20-16/h1-8H,(H2,19,22)(H,20,21)/b11-7-. The highest BCUT2D eigenvalue weighted by molar-refractivity contribution is 6.41. The number of nitrogens with two attached hydrogens (primary N) is 1. The number of fused-ring (bicyclic) bond motifs is 1. The lowest BCUT2D eigenvalue weighted by atomic mass is 10.0. The summed E-state index contributed by atoms with van der Waals surface area (Å²) in [5, 5.41) is 1.62. The van der Waals surface area contributed by atoms with Crippen molar-refractivity contribution in [2.75, 3.05) is 0 Å². The summed E-state index contributed by atoms with van der Waals surface area (Å²) in [6.07, 6.45) is 5.10. The first kappa shape index (κ1) is 14.6. The third-order valence-corrected chi connectivity index (χ3v) is 3.91. The first-order chi connectivity index (χ1) is 10.6. The van der Waals surface area contributed by atoms with E-state index < -0.39 is 5.91 Å². The fourth-order valence-corrected chi connectivity index (χ4v) is 2.87. The molecule has 2 heterocycles. The van der Waals surface area contributed by atoms with Gasteiger partial charge in [0.15, 0.2) is 0 Å². The van der Waals surface area contributed by atoms with Gasteiger partial charge in [-0.2, -0.15) is 0 Å². The number of nitrogens with one attached hydrogen (secondary N) is 1. The van der Waals surface area contributed by atoms with Crippen LogP contribution in [0, 0.1) is 0 Å². The van der Waals surface area contributed by atoms with Gasteiger partial charge in [0.25, 0.3) is 0 Å². The highest BCUT2D eigenvalue weighted by Gasteiger charge is 2.16. The molecule has 3 N–H and O–H groups in total. The maximum absolute atomic E-state index is 11.9. The minimum Gasteiger partial charge on any atom is -0.366 e. The van der Waals surface area contributed by atoms with Crippen LogP contribution in [0.3, 0.4) is 0 Å². The Labute approximate surface area is 136 Å². The summed E-state index contributed by atoms with van der Waals surface area (Å²) in [6.45, 7) is 0. The van der Waals surface area contributed by atoms with Gasteiger partial charge in [0, 0.05) is 34.5 Å². The molecule has 0 fully saturated rings. The Hall–Kier alpha value is -2.30. The molecule has 0 atom stereocenters. The highest BCUT2D eigenvalue weighted by Crippen LogP contribution is 2.33. The van der Waals surface area contributed by atoms with E-state index in [1.807, 2.05) is 12.1 Å². The maximum atomic E-state index is 11.9. The summed E-state index contributed by atoms with van der Waals surface area (Å²) in [6, 6.07) is 8.76. The second-order valence-electron chi connectivity index (χ2n) is 4.66. The number of rotatable bonds is 3. The second-order valence-corrected chi connectivity index (χ2v) is 5.48. The molecular formula is C16H11Cl2N3O. The molecule has 2 aromatic heterocycles. The predicted octanol–water partition coefficient (Wildman–Crippen LogP) is 3.90. The first-order valence-electron chi connectivity index (χ1n) is 6.46. The number of aromatic amines is 1. The fourth-order valence-electron chi connectivity index (χ4n) is 2.27. The Kier molecular flexibility index (Phi) is 3.88. The summed E-state index contributed by atoms with van der Waals surface area (Å²) in [7, 11) is 0. The molecule has 4 nitrogen and oxygen atoms in total. The SMILES string of the molecule is NC(=O)/C(=C\c1c[nH]c2ncccc12)c1c(Cl)cccc1Cl. The van der Waals surface area contributed by atoms with Crippen molar-refractivity contribution in [1.29, 1.82) is 0 Å². The van der Waals surface area contributed by atoms with Crippen molar-refractivity contribution in [3.63, 3.8) is 0 Å². The zero-order valence-corrected chi connectivity index (χ0v) is 12.8. The normalized spacial score (nSPS) is 11.8. The maximum Gasteiger partial charge on any atom is 0.249 e. The number of H-pyrrole nitrogens is 1. The number of hydrogen-bond acceptors (Lipinski definition) is 2. The number of benzene rings is 1. The minimum absolute atomic E-state index is 0.250. The molecule has 0 saturated carbocycles. The van der Waals surface area contributed by atoms with E-state index in [-0.39, 0.29) is 5.57 Å². The van der Waals surface area contributed by atoms with Gasteiger partial charge in [0.2, 0.25) is 5.91 Å². The molecule has 0 spiro atoms. The van der Waals surface area contributed by atoms with Crippen molar-refractivity contribution in [3.8, 4) is 0 Å². The van der Waals surface area contributed by atoms with Crippen LogP contribution in [-0.4, -0.2) is 15.9 Å². The topological polar surface area (TPSA) is 71.8 Å². The van der Waals surface area contributed by atoms with Gasteiger partial charge in [-0.05, 0) is 30.3 Å². The number of nitrogens with zero attached hydrogens (tertiary/aromatic N) is 1. The first-order valence-corrected chi connectivity index (χ1v) is 7.21. The third kappa shape index (κ3) is 2.58. The summed E-state index contributed by atoms with van der Waals surface area (Å²) < 4.78 is 0. The number of amides is 1. The lowest BCUT2D eigenvalue weighted by molar-refractivity contribution is -0.112. The van der Waals surface area contributed by atoms with Crippen LogP contribution in [-0.2, 0) is 4.79 Å². The number of pyridine rings is 1. The number of hydrogen-bond donors (Lipinski definition) is 2. The van der Waals surface area contributed by atoms with Crippen molar-refractivity contribution in [1.82, 2.24) is 9.97 Å². The molecule has 0 saturated heterocycles. The number of primary amides is 1. The van der Waals surface area contributed by atoms with E-state index in [2.05, 4.69) is 9.97 Å². The summed E-state index contributed by atoms with van der Waals surface area (Å²) in [5.41, 5.74) is 7.70. The quantitative estimate of drug-likeness (QED) is 0.714. The van der Waals surface area contributed by atoms with Crippen LogP contribution in [0.15, 0.2) is 42.7 Å². The van der Waals surface area contributed by atoms with Gasteiger partial charge in [-0.3, -0.25) is 4.79 Å². The molecule has 22 heavy (non-hydrogen) atoms. The Morgan fingerprint density at radius 3 is 2.59 bits per heavy atom. The van der Waals surface area contributed by atoms with Crippen LogP contribution in [0.2, 0.25) is 10.0 Å². The van der Waals surface area contributed by atoms with Crippen molar-refractivity contribution in [2.45, 2.75) is 0 Å². The van der Waals surface area contributed by atoms with Crippen molar-refractivity contribution >= 4 is 51.8 Å². The van der Waals surface area contributed by atoms with Gasteiger partial charge < -0.3 is 10.7 Å². The van der Waals surface area contributed by atoms with Crippen LogP contribution < -0.4 is 5.73 Å². The van der Waals surface area contributed by atoms with Gasteiger partial charge >= 0.3 is 0 Å². The van der Waals surface area contributed by atoms with Crippen molar-refractivity contribution < 1.29 is 4.79 Å². The number of carbonyl (C=O) groups excluding carboxylic acids is 1. The monoisotopic (exact) mass is 331 g/mol. The fraction of sp³-hybridized carbons (Fsp3) is 0. The van der Waals surface area contributed by atoms with Crippen LogP contribution in [0.25, 0.3) is 22.7 Å². The molecule has 0 radical (unpaired) electrons. The average Bonchev–Trinajstić information content (AvgIpc) is 2.89. The molecule has 0 unspecified atom stereocenters. The number of halogens is 2. The van der Waals surface area contributed by atoms with Crippen molar-refractivity contribution in [3.05, 3.63) is 63.9 Å².